The number of aromatic nitrogens is 2. The van der Waals surface area contributed by atoms with Gasteiger partial charge in [-0.3, -0.25) is 23.9 Å². The lowest BCUT2D eigenvalue weighted by Crippen LogP contribution is -2.32. The molecule has 0 bridgehead atoms. The summed E-state index contributed by atoms with van der Waals surface area (Å²) in [6.07, 6.45) is 1.16. The van der Waals surface area contributed by atoms with Gasteiger partial charge in [-0.15, -0.1) is 0 Å². The lowest BCUT2D eigenvalue weighted by Gasteiger charge is -2.08. The van der Waals surface area contributed by atoms with Gasteiger partial charge in [0.1, 0.15) is 6.54 Å². The second-order valence-corrected chi connectivity index (χ2v) is 5.32. The van der Waals surface area contributed by atoms with Crippen LogP contribution in [0.5, 0.6) is 0 Å². The second kappa shape index (κ2) is 7.60. The first-order chi connectivity index (χ1) is 11.3. The summed E-state index contributed by atoms with van der Waals surface area (Å²) >= 11 is 5.95. The fraction of sp³-hybridized carbons (Fsp3) is 0.200. The summed E-state index contributed by atoms with van der Waals surface area (Å²) in [5.41, 5.74) is 0.0369. The molecule has 0 fully saturated rings. The van der Waals surface area contributed by atoms with Gasteiger partial charge < -0.3 is 10.1 Å². The number of anilines is 1. The Bertz CT molecular complexity index is 887. The van der Waals surface area contributed by atoms with Crippen molar-refractivity contribution in [3.8, 4) is 0 Å². The van der Waals surface area contributed by atoms with Crippen LogP contribution in [-0.2, 0) is 20.9 Å². The minimum absolute atomic E-state index is 0.417. The lowest BCUT2D eigenvalue weighted by atomic mass is 10.2. The number of nitrogens with zero attached hydrogens (tertiary/aromatic N) is 1. The van der Waals surface area contributed by atoms with Crippen LogP contribution < -0.4 is 16.6 Å². The Kier molecular flexibility index (Phi) is 5.54. The Hall–Kier alpha value is -2.87. The lowest BCUT2D eigenvalue weighted by molar-refractivity contribution is -0.148. The van der Waals surface area contributed by atoms with Crippen LogP contribution in [0.1, 0.15) is 5.56 Å². The van der Waals surface area contributed by atoms with Crippen molar-refractivity contribution >= 4 is 29.2 Å². The Morgan fingerprint density at radius 1 is 1.29 bits per heavy atom. The number of rotatable bonds is 5. The number of aryl methyl sites for hydroxylation is 1. The molecule has 2 N–H and O–H groups in total. The molecule has 126 valence electrons. The standard InChI is InChI=1S/C15H14ClN3O5/c1-9-2-3-10(6-11(9)16)17-13(21)8-24-14(22)7-19-5-4-12(20)18-15(19)23/h2-6H,7-8H2,1H3,(H,17,21)(H,18,20,23). The largest absolute Gasteiger partial charge is 0.454 e. The van der Waals surface area contributed by atoms with Crippen LogP contribution in [0, 0.1) is 6.92 Å². The maximum atomic E-state index is 11.7. The summed E-state index contributed by atoms with van der Waals surface area (Å²) in [5.74, 6) is -1.33. The number of amides is 1. The zero-order valence-electron chi connectivity index (χ0n) is 12.7. The molecule has 0 saturated carbocycles. The number of nitrogens with one attached hydrogen (secondary N) is 2. The van der Waals surface area contributed by atoms with Crippen molar-refractivity contribution in [1.82, 2.24) is 9.55 Å². The molecule has 1 aromatic carbocycles. The van der Waals surface area contributed by atoms with Gasteiger partial charge in [0.05, 0.1) is 0 Å². The first-order valence-corrected chi connectivity index (χ1v) is 7.24. The summed E-state index contributed by atoms with van der Waals surface area (Å²) in [7, 11) is 0. The average molecular weight is 352 g/mol. The molecule has 0 unspecified atom stereocenters. The van der Waals surface area contributed by atoms with E-state index in [4.69, 9.17) is 16.3 Å². The van der Waals surface area contributed by atoms with Crippen molar-refractivity contribution in [2.24, 2.45) is 0 Å². The third-order valence-electron chi connectivity index (χ3n) is 3.02. The van der Waals surface area contributed by atoms with Gasteiger partial charge in [0.15, 0.2) is 6.61 Å². The molecule has 0 radical (unpaired) electrons. The van der Waals surface area contributed by atoms with Gasteiger partial charge in [-0.05, 0) is 24.6 Å². The third kappa shape index (κ3) is 4.82. The summed E-state index contributed by atoms with van der Waals surface area (Å²) < 4.78 is 5.74. The van der Waals surface area contributed by atoms with Crippen molar-refractivity contribution in [1.29, 1.82) is 0 Å². The van der Waals surface area contributed by atoms with Crippen LogP contribution in [-0.4, -0.2) is 28.0 Å². The first-order valence-electron chi connectivity index (χ1n) is 6.86. The first kappa shape index (κ1) is 17.5. The van der Waals surface area contributed by atoms with Gasteiger partial charge in [0.2, 0.25) is 0 Å². The summed E-state index contributed by atoms with van der Waals surface area (Å²) in [5, 5.41) is 3.03. The number of halogens is 1. The fourth-order valence-electron chi connectivity index (χ4n) is 1.77. The zero-order chi connectivity index (χ0) is 17.7. The minimum Gasteiger partial charge on any atom is -0.454 e. The van der Waals surface area contributed by atoms with Crippen LogP contribution in [0.25, 0.3) is 0 Å². The Labute approximate surface area is 141 Å². The van der Waals surface area contributed by atoms with Crippen LogP contribution in [0.2, 0.25) is 5.02 Å². The van der Waals surface area contributed by atoms with Gasteiger partial charge >= 0.3 is 11.7 Å². The number of hydrogen-bond acceptors (Lipinski definition) is 5. The number of carbonyl (C=O) groups excluding carboxylic acids is 2. The molecule has 0 aliphatic heterocycles. The van der Waals surface area contributed by atoms with E-state index in [-0.39, 0.29) is 0 Å². The molecule has 1 aromatic heterocycles. The summed E-state index contributed by atoms with van der Waals surface area (Å²) in [4.78, 5) is 47.7. The van der Waals surface area contributed by atoms with Crippen LogP contribution >= 0.6 is 11.6 Å². The number of hydrogen-bond donors (Lipinski definition) is 2. The van der Waals surface area contributed by atoms with E-state index < -0.39 is 36.3 Å². The highest BCUT2D eigenvalue weighted by Gasteiger charge is 2.10. The average Bonchev–Trinajstić information content (AvgIpc) is 2.52. The van der Waals surface area contributed by atoms with E-state index in [1.54, 1.807) is 18.2 Å². The van der Waals surface area contributed by atoms with Gasteiger partial charge in [0.25, 0.3) is 11.5 Å². The molecule has 0 saturated heterocycles. The zero-order valence-corrected chi connectivity index (χ0v) is 13.4. The van der Waals surface area contributed by atoms with Crippen molar-refractivity contribution in [2.45, 2.75) is 13.5 Å². The highest BCUT2D eigenvalue weighted by atomic mass is 35.5. The predicted molar refractivity (Wildman–Crippen MR) is 87.1 cm³/mol. The van der Waals surface area contributed by atoms with E-state index >= 15 is 0 Å². The highest BCUT2D eigenvalue weighted by Crippen LogP contribution is 2.19. The number of ether oxygens (including phenoxy) is 1. The number of benzene rings is 1. The molecular weight excluding hydrogens is 338 g/mol. The molecule has 0 aliphatic carbocycles. The van der Waals surface area contributed by atoms with Gasteiger partial charge in [-0.1, -0.05) is 17.7 Å². The molecule has 0 atom stereocenters. The van der Waals surface area contributed by atoms with Crippen molar-refractivity contribution in [3.63, 3.8) is 0 Å². The normalized spacial score (nSPS) is 10.2. The van der Waals surface area contributed by atoms with Crippen molar-refractivity contribution in [3.05, 3.63) is 61.9 Å². The van der Waals surface area contributed by atoms with Gasteiger partial charge in [-0.2, -0.15) is 0 Å². The smallest absolute Gasteiger partial charge is 0.328 e. The molecule has 9 heteroatoms. The maximum Gasteiger partial charge on any atom is 0.328 e. The summed E-state index contributed by atoms with van der Waals surface area (Å²) in [6.45, 7) is 0.899. The maximum absolute atomic E-state index is 11.7. The number of aromatic amines is 1. The highest BCUT2D eigenvalue weighted by molar-refractivity contribution is 6.31. The number of esters is 1. The Balaban J connectivity index is 1.86. The van der Waals surface area contributed by atoms with Crippen LogP contribution in [0.3, 0.4) is 0 Å². The van der Waals surface area contributed by atoms with E-state index in [0.29, 0.717) is 10.7 Å². The molecule has 0 aliphatic rings. The number of carbonyl (C=O) groups is 2. The summed E-state index contributed by atoms with van der Waals surface area (Å²) in [6, 6.07) is 6.09. The SMILES string of the molecule is Cc1ccc(NC(=O)COC(=O)Cn2ccc(=O)[nH]c2=O)cc1Cl. The minimum atomic E-state index is -0.791. The van der Waals surface area contributed by atoms with E-state index in [0.717, 1.165) is 22.4 Å². The quantitative estimate of drug-likeness (QED) is 0.770. The fourth-order valence-corrected chi connectivity index (χ4v) is 1.95. The van der Waals surface area contributed by atoms with Gasteiger partial charge in [-0.25, -0.2) is 4.79 Å². The molecule has 8 nitrogen and oxygen atoms in total. The molecule has 24 heavy (non-hydrogen) atoms. The molecule has 0 spiro atoms. The van der Waals surface area contributed by atoms with E-state index in [1.165, 1.54) is 0 Å². The van der Waals surface area contributed by atoms with Crippen molar-refractivity contribution < 1.29 is 14.3 Å². The van der Waals surface area contributed by atoms with E-state index in [2.05, 4.69) is 5.32 Å². The topological polar surface area (TPSA) is 110 Å². The van der Waals surface area contributed by atoms with Crippen LogP contribution in [0.4, 0.5) is 5.69 Å². The van der Waals surface area contributed by atoms with Crippen molar-refractivity contribution in [2.75, 3.05) is 11.9 Å². The van der Waals surface area contributed by atoms with Gasteiger partial charge in [0, 0.05) is 23.0 Å². The van der Waals surface area contributed by atoms with Crippen LogP contribution in [0.15, 0.2) is 40.1 Å². The Morgan fingerprint density at radius 2 is 2.04 bits per heavy atom. The molecule has 1 heterocycles. The van der Waals surface area contributed by atoms with E-state index in [9.17, 15) is 19.2 Å². The second-order valence-electron chi connectivity index (χ2n) is 4.91. The Morgan fingerprint density at radius 3 is 2.71 bits per heavy atom. The van der Waals surface area contributed by atoms with E-state index in [1.807, 2.05) is 11.9 Å². The monoisotopic (exact) mass is 351 g/mol. The molecule has 2 rings (SSSR count). The molecular formula is C15H14ClN3O5. The third-order valence-corrected chi connectivity index (χ3v) is 3.42. The molecule has 1 amide bonds. The molecule has 2 aromatic rings. The number of H-pyrrole nitrogens is 1. The predicted octanol–water partition coefficient (Wildman–Crippen LogP) is 0.680.